The first kappa shape index (κ1) is 19.9. The Hall–Kier alpha value is -0.370. The molecule has 8 heteroatoms. The van der Waals surface area contributed by atoms with Gasteiger partial charge in [0.25, 0.3) is 0 Å². The molecule has 1 amide bonds. The highest BCUT2D eigenvalue weighted by Gasteiger charge is 2.39. The third-order valence-corrected chi connectivity index (χ3v) is 7.87. The third-order valence-electron chi connectivity index (χ3n) is 5.60. The van der Waals surface area contributed by atoms with E-state index >= 15 is 0 Å². The van der Waals surface area contributed by atoms with Gasteiger partial charge in [0.2, 0.25) is 15.9 Å². The Balaban J connectivity index is 0.00000208. The fourth-order valence-electron chi connectivity index (χ4n) is 4.23. The zero-order valence-electron chi connectivity index (χ0n) is 14.2. The third kappa shape index (κ3) is 4.23. The van der Waals surface area contributed by atoms with Crippen molar-refractivity contribution in [3.05, 3.63) is 0 Å². The van der Waals surface area contributed by atoms with E-state index in [1.165, 1.54) is 0 Å². The minimum Gasteiger partial charge on any atom is -0.341 e. The first-order valence-electron chi connectivity index (χ1n) is 9.02. The summed E-state index contributed by atoms with van der Waals surface area (Å²) >= 11 is 0. The zero-order chi connectivity index (χ0) is 16.4. The van der Waals surface area contributed by atoms with E-state index in [1.807, 2.05) is 4.90 Å². The smallest absolute Gasteiger partial charge is 0.225 e. The Kier molecular flexibility index (Phi) is 6.93. The van der Waals surface area contributed by atoms with E-state index in [-0.39, 0.29) is 30.3 Å². The largest absolute Gasteiger partial charge is 0.341 e. The van der Waals surface area contributed by atoms with Crippen molar-refractivity contribution in [3.63, 3.8) is 0 Å². The molecule has 3 rings (SSSR count). The van der Waals surface area contributed by atoms with E-state index in [2.05, 4.69) is 0 Å². The number of halogens is 1. The lowest BCUT2D eigenvalue weighted by molar-refractivity contribution is -0.136. The van der Waals surface area contributed by atoms with Crippen LogP contribution in [0, 0.1) is 5.92 Å². The van der Waals surface area contributed by atoms with Crippen LogP contribution in [0.2, 0.25) is 0 Å². The molecule has 3 fully saturated rings. The fraction of sp³-hybridized carbons (Fsp3) is 0.938. The number of carbonyl (C=O) groups excluding carboxylic acids is 1. The van der Waals surface area contributed by atoms with Crippen LogP contribution in [0.1, 0.15) is 51.4 Å². The monoisotopic (exact) mass is 379 g/mol. The average Bonchev–Trinajstić information content (AvgIpc) is 3.09. The second kappa shape index (κ2) is 8.34. The van der Waals surface area contributed by atoms with Gasteiger partial charge in [-0.05, 0) is 38.5 Å². The van der Waals surface area contributed by atoms with Gasteiger partial charge < -0.3 is 10.6 Å². The standard InChI is InChI=1S/C16H29N3O3S.ClH/c17-14-7-3-10-19(11-14)23(21,22)15-8-4-9-18(12-15)16(20)13-5-1-2-6-13;/h13-15H,1-12,17H2;1H/t14-,15?;/m1./s1. The topological polar surface area (TPSA) is 83.7 Å². The first-order valence-corrected chi connectivity index (χ1v) is 10.5. The van der Waals surface area contributed by atoms with Crippen LogP contribution in [0.25, 0.3) is 0 Å². The predicted octanol–water partition coefficient (Wildman–Crippen LogP) is 1.34. The molecule has 0 aromatic rings. The van der Waals surface area contributed by atoms with E-state index in [0.717, 1.165) is 44.9 Å². The molecule has 0 radical (unpaired) electrons. The molecule has 2 saturated heterocycles. The quantitative estimate of drug-likeness (QED) is 0.802. The first-order chi connectivity index (χ1) is 11.0. The molecule has 2 N–H and O–H groups in total. The molecule has 0 aromatic heterocycles. The minimum atomic E-state index is -3.35. The summed E-state index contributed by atoms with van der Waals surface area (Å²) in [6.45, 7) is 2.07. The van der Waals surface area contributed by atoms with Crippen molar-refractivity contribution in [1.82, 2.24) is 9.21 Å². The Morgan fingerprint density at radius 1 is 0.917 bits per heavy atom. The van der Waals surface area contributed by atoms with Gasteiger partial charge in [0.15, 0.2) is 0 Å². The molecular formula is C16H30ClN3O3S. The highest BCUT2D eigenvalue weighted by atomic mass is 35.5. The van der Waals surface area contributed by atoms with Crippen molar-refractivity contribution in [2.45, 2.75) is 62.7 Å². The number of sulfonamides is 1. The highest BCUT2D eigenvalue weighted by molar-refractivity contribution is 7.89. The maximum absolute atomic E-state index is 12.9. The van der Waals surface area contributed by atoms with Crippen molar-refractivity contribution >= 4 is 28.3 Å². The van der Waals surface area contributed by atoms with Gasteiger partial charge in [0, 0.05) is 38.1 Å². The lowest BCUT2D eigenvalue weighted by Gasteiger charge is -2.38. The van der Waals surface area contributed by atoms with Crippen LogP contribution >= 0.6 is 12.4 Å². The molecule has 2 aliphatic heterocycles. The van der Waals surface area contributed by atoms with Crippen molar-refractivity contribution in [3.8, 4) is 0 Å². The molecule has 0 bridgehead atoms. The highest BCUT2D eigenvalue weighted by Crippen LogP contribution is 2.29. The normalized spacial score (nSPS) is 30.1. The zero-order valence-corrected chi connectivity index (χ0v) is 15.9. The molecule has 2 atom stereocenters. The molecule has 140 valence electrons. The molecule has 0 aromatic carbocycles. The van der Waals surface area contributed by atoms with Crippen molar-refractivity contribution < 1.29 is 13.2 Å². The van der Waals surface area contributed by atoms with Crippen LogP contribution < -0.4 is 5.73 Å². The molecular weight excluding hydrogens is 350 g/mol. The predicted molar refractivity (Wildman–Crippen MR) is 96.5 cm³/mol. The van der Waals surface area contributed by atoms with Gasteiger partial charge in [-0.25, -0.2) is 12.7 Å². The van der Waals surface area contributed by atoms with E-state index in [0.29, 0.717) is 32.6 Å². The van der Waals surface area contributed by atoms with Crippen LogP contribution in [0.4, 0.5) is 0 Å². The maximum Gasteiger partial charge on any atom is 0.225 e. The molecule has 0 spiro atoms. The number of nitrogens with two attached hydrogens (primary N) is 1. The molecule has 24 heavy (non-hydrogen) atoms. The second-order valence-electron chi connectivity index (χ2n) is 7.34. The van der Waals surface area contributed by atoms with Crippen molar-refractivity contribution in [2.75, 3.05) is 26.2 Å². The average molecular weight is 380 g/mol. The van der Waals surface area contributed by atoms with Gasteiger partial charge in [-0.1, -0.05) is 12.8 Å². The summed E-state index contributed by atoms with van der Waals surface area (Å²) in [5, 5.41) is -0.452. The number of nitrogens with zero attached hydrogens (tertiary/aromatic N) is 2. The Morgan fingerprint density at radius 3 is 2.25 bits per heavy atom. The SMILES string of the molecule is Cl.N[C@@H]1CCCN(S(=O)(=O)C2CCCN(C(=O)C3CCCC3)C2)C1. The maximum atomic E-state index is 12.9. The molecule has 3 aliphatic rings. The molecule has 1 saturated carbocycles. The van der Waals surface area contributed by atoms with Gasteiger partial charge in [-0.3, -0.25) is 4.79 Å². The van der Waals surface area contributed by atoms with Crippen molar-refractivity contribution in [1.29, 1.82) is 0 Å². The van der Waals surface area contributed by atoms with E-state index < -0.39 is 15.3 Å². The number of hydrogen-bond acceptors (Lipinski definition) is 4. The number of likely N-dealkylation sites (tertiary alicyclic amines) is 1. The summed E-state index contributed by atoms with van der Waals surface area (Å²) in [4.78, 5) is 14.4. The molecule has 1 aliphatic carbocycles. The molecule has 6 nitrogen and oxygen atoms in total. The summed E-state index contributed by atoms with van der Waals surface area (Å²) in [5.41, 5.74) is 5.94. The minimum absolute atomic E-state index is 0. The van der Waals surface area contributed by atoms with Gasteiger partial charge in [-0.2, -0.15) is 0 Å². The number of carbonyl (C=O) groups is 1. The van der Waals surface area contributed by atoms with E-state index in [1.54, 1.807) is 4.31 Å². The molecule has 1 unspecified atom stereocenters. The number of hydrogen-bond donors (Lipinski definition) is 1. The second-order valence-corrected chi connectivity index (χ2v) is 9.55. The van der Waals surface area contributed by atoms with Crippen LogP contribution in [0.15, 0.2) is 0 Å². The van der Waals surface area contributed by atoms with Gasteiger partial charge in [-0.15, -0.1) is 12.4 Å². The van der Waals surface area contributed by atoms with E-state index in [4.69, 9.17) is 5.73 Å². The summed E-state index contributed by atoms with van der Waals surface area (Å²) in [6.07, 6.45) is 7.34. The number of rotatable bonds is 3. The molecule has 2 heterocycles. The van der Waals surface area contributed by atoms with Crippen LogP contribution in [-0.4, -0.2) is 61.0 Å². The Bertz CT molecular complexity index is 537. The number of amides is 1. The van der Waals surface area contributed by atoms with Gasteiger partial charge >= 0.3 is 0 Å². The lowest BCUT2D eigenvalue weighted by atomic mass is 10.0. The van der Waals surface area contributed by atoms with Gasteiger partial charge in [0.1, 0.15) is 0 Å². The Labute approximate surface area is 151 Å². The summed E-state index contributed by atoms with van der Waals surface area (Å²) in [7, 11) is -3.35. The van der Waals surface area contributed by atoms with Crippen molar-refractivity contribution in [2.24, 2.45) is 11.7 Å². The summed E-state index contributed by atoms with van der Waals surface area (Å²) in [5.74, 6) is 0.303. The summed E-state index contributed by atoms with van der Waals surface area (Å²) < 4.78 is 27.4. The number of piperidine rings is 2. The lowest BCUT2D eigenvalue weighted by Crippen LogP contribution is -2.53. The van der Waals surface area contributed by atoms with Gasteiger partial charge in [0.05, 0.1) is 5.25 Å². The van der Waals surface area contributed by atoms with Crippen LogP contribution in [0.3, 0.4) is 0 Å². The van der Waals surface area contributed by atoms with Crippen LogP contribution in [-0.2, 0) is 14.8 Å². The van der Waals surface area contributed by atoms with E-state index in [9.17, 15) is 13.2 Å². The summed E-state index contributed by atoms with van der Waals surface area (Å²) in [6, 6.07) is -0.0571. The van der Waals surface area contributed by atoms with Crippen LogP contribution in [0.5, 0.6) is 0 Å². The Morgan fingerprint density at radius 2 is 1.58 bits per heavy atom. The fourth-order valence-corrected chi connectivity index (χ4v) is 6.27.